The summed E-state index contributed by atoms with van der Waals surface area (Å²) in [5, 5.41) is 13.2. The van der Waals surface area contributed by atoms with E-state index in [4.69, 9.17) is 4.74 Å². The van der Waals surface area contributed by atoms with Gasteiger partial charge in [0.15, 0.2) is 0 Å². The number of piperazine rings is 1. The van der Waals surface area contributed by atoms with Gasteiger partial charge >= 0.3 is 0 Å². The molecule has 0 saturated carbocycles. The summed E-state index contributed by atoms with van der Waals surface area (Å²) >= 11 is 0. The maximum Gasteiger partial charge on any atom is 0.118 e. The van der Waals surface area contributed by atoms with Crippen LogP contribution in [0.5, 0.6) is 5.75 Å². The Morgan fingerprint density at radius 3 is 2.79 bits per heavy atom. The Bertz CT molecular complexity index is 421. The van der Waals surface area contributed by atoms with Gasteiger partial charge in [-0.1, -0.05) is 12.1 Å². The minimum Gasteiger partial charge on any atom is -0.497 e. The molecule has 2 bridgehead atoms. The van der Waals surface area contributed by atoms with Crippen LogP contribution in [0.3, 0.4) is 0 Å². The van der Waals surface area contributed by atoms with Gasteiger partial charge in [-0.3, -0.25) is 4.90 Å². The van der Waals surface area contributed by atoms with Gasteiger partial charge in [0.2, 0.25) is 0 Å². The molecule has 2 saturated heterocycles. The highest BCUT2D eigenvalue weighted by Crippen LogP contribution is 2.27. The largest absolute Gasteiger partial charge is 0.497 e. The zero-order valence-corrected chi connectivity index (χ0v) is 11.4. The molecule has 0 radical (unpaired) electrons. The number of nitrogens with one attached hydrogen (secondary N) is 1. The van der Waals surface area contributed by atoms with Gasteiger partial charge < -0.3 is 15.2 Å². The van der Waals surface area contributed by atoms with Crippen LogP contribution in [0.4, 0.5) is 0 Å². The predicted octanol–water partition coefficient (Wildman–Crippen LogP) is 0.992. The van der Waals surface area contributed by atoms with E-state index in [9.17, 15) is 5.11 Å². The quantitative estimate of drug-likeness (QED) is 0.849. The van der Waals surface area contributed by atoms with Crippen molar-refractivity contribution < 1.29 is 9.84 Å². The lowest BCUT2D eigenvalue weighted by Crippen LogP contribution is -2.58. The molecule has 3 atom stereocenters. The molecule has 1 aromatic rings. The molecule has 2 aliphatic heterocycles. The van der Waals surface area contributed by atoms with Crippen LogP contribution in [-0.2, 0) is 6.54 Å². The summed E-state index contributed by atoms with van der Waals surface area (Å²) in [6.45, 7) is 2.18. The molecule has 104 valence electrons. The van der Waals surface area contributed by atoms with Crippen molar-refractivity contribution in [3.05, 3.63) is 29.8 Å². The number of benzene rings is 1. The Labute approximate surface area is 114 Å². The van der Waals surface area contributed by atoms with E-state index >= 15 is 0 Å². The average Bonchev–Trinajstić information content (AvgIpc) is 2.83. The first-order valence-corrected chi connectivity index (χ1v) is 7.04. The lowest BCUT2D eigenvalue weighted by atomic mass is 10.0. The monoisotopic (exact) mass is 262 g/mol. The van der Waals surface area contributed by atoms with Gasteiger partial charge in [-0.25, -0.2) is 0 Å². The summed E-state index contributed by atoms with van der Waals surface area (Å²) in [7, 11) is 1.69. The molecule has 0 amide bonds. The van der Waals surface area contributed by atoms with Crippen LogP contribution in [0.25, 0.3) is 0 Å². The van der Waals surface area contributed by atoms with E-state index in [2.05, 4.69) is 22.3 Å². The summed E-state index contributed by atoms with van der Waals surface area (Å²) in [6.07, 6.45) is 2.43. The van der Waals surface area contributed by atoms with E-state index in [1.54, 1.807) is 7.11 Å². The molecule has 0 aromatic heterocycles. The molecule has 0 unspecified atom stereocenters. The normalized spacial score (nSPS) is 30.5. The molecular weight excluding hydrogens is 240 g/mol. The van der Waals surface area contributed by atoms with Crippen LogP contribution in [0.2, 0.25) is 0 Å². The zero-order valence-electron chi connectivity index (χ0n) is 11.4. The van der Waals surface area contributed by atoms with Crippen LogP contribution >= 0.6 is 0 Å². The fourth-order valence-corrected chi connectivity index (χ4v) is 3.36. The van der Waals surface area contributed by atoms with E-state index in [1.165, 1.54) is 18.4 Å². The topological polar surface area (TPSA) is 44.7 Å². The molecule has 3 rings (SSSR count). The van der Waals surface area contributed by atoms with Gasteiger partial charge in [-0.2, -0.15) is 0 Å². The minimum absolute atomic E-state index is 0.237. The number of hydrogen-bond acceptors (Lipinski definition) is 4. The number of aliphatic hydroxyl groups excluding tert-OH is 1. The van der Waals surface area contributed by atoms with Crippen molar-refractivity contribution in [1.82, 2.24) is 10.2 Å². The Hall–Kier alpha value is -1.10. The number of ether oxygens (including phenoxy) is 1. The van der Waals surface area contributed by atoms with Crippen molar-refractivity contribution in [1.29, 1.82) is 0 Å². The van der Waals surface area contributed by atoms with Gasteiger partial charge in [0.1, 0.15) is 5.75 Å². The smallest absolute Gasteiger partial charge is 0.118 e. The van der Waals surface area contributed by atoms with Gasteiger partial charge in [0.05, 0.1) is 13.7 Å². The first kappa shape index (κ1) is 12.9. The molecular formula is C15H22N2O2. The Balaban J connectivity index is 1.70. The van der Waals surface area contributed by atoms with Crippen LogP contribution in [-0.4, -0.2) is 48.4 Å². The maximum absolute atomic E-state index is 9.64. The predicted molar refractivity (Wildman–Crippen MR) is 74.2 cm³/mol. The molecule has 19 heavy (non-hydrogen) atoms. The van der Waals surface area contributed by atoms with Gasteiger partial charge in [0, 0.05) is 31.2 Å². The van der Waals surface area contributed by atoms with Crippen molar-refractivity contribution in [3.63, 3.8) is 0 Å². The molecule has 2 heterocycles. The molecule has 4 heteroatoms. The van der Waals surface area contributed by atoms with Gasteiger partial charge in [0.25, 0.3) is 0 Å². The third-order valence-electron chi connectivity index (χ3n) is 4.40. The zero-order chi connectivity index (χ0) is 13.2. The van der Waals surface area contributed by atoms with E-state index in [0.717, 1.165) is 18.8 Å². The number of fused-ring (bicyclic) bond motifs is 2. The van der Waals surface area contributed by atoms with Crippen LogP contribution in [0.1, 0.15) is 18.4 Å². The second-order valence-electron chi connectivity index (χ2n) is 5.57. The fourth-order valence-electron chi connectivity index (χ4n) is 3.36. The van der Waals surface area contributed by atoms with E-state index in [-0.39, 0.29) is 12.6 Å². The first-order valence-electron chi connectivity index (χ1n) is 7.04. The number of hydrogen-bond donors (Lipinski definition) is 2. The van der Waals surface area contributed by atoms with Crippen molar-refractivity contribution in [2.24, 2.45) is 0 Å². The summed E-state index contributed by atoms with van der Waals surface area (Å²) in [4.78, 5) is 2.42. The first-order chi connectivity index (χ1) is 9.30. The van der Waals surface area contributed by atoms with Gasteiger partial charge in [-0.05, 0) is 30.5 Å². The molecule has 2 N–H and O–H groups in total. The van der Waals surface area contributed by atoms with Crippen LogP contribution in [0, 0.1) is 0 Å². The number of methoxy groups -OCH3 is 1. The number of nitrogens with zero attached hydrogens (tertiary/aromatic N) is 1. The van der Waals surface area contributed by atoms with E-state index < -0.39 is 0 Å². The van der Waals surface area contributed by atoms with Crippen molar-refractivity contribution >= 4 is 0 Å². The van der Waals surface area contributed by atoms with E-state index in [1.807, 2.05) is 12.1 Å². The third-order valence-corrected chi connectivity index (χ3v) is 4.40. The molecule has 4 nitrogen and oxygen atoms in total. The van der Waals surface area contributed by atoms with Crippen molar-refractivity contribution in [2.75, 3.05) is 20.3 Å². The van der Waals surface area contributed by atoms with Crippen LogP contribution < -0.4 is 10.1 Å². The average molecular weight is 262 g/mol. The second-order valence-corrected chi connectivity index (χ2v) is 5.57. The fraction of sp³-hybridized carbons (Fsp3) is 0.600. The van der Waals surface area contributed by atoms with Gasteiger partial charge in [-0.15, -0.1) is 0 Å². The lowest BCUT2D eigenvalue weighted by molar-refractivity contribution is 0.0637. The molecule has 0 aliphatic carbocycles. The lowest BCUT2D eigenvalue weighted by Gasteiger charge is -2.40. The van der Waals surface area contributed by atoms with E-state index in [0.29, 0.717) is 12.1 Å². The van der Waals surface area contributed by atoms with Crippen LogP contribution in [0.15, 0.2) is 24.3 Å². The highest BCUT2D eigenvalue weighted by atomic mass is 16.5. The summed E-state index contributed by atoms with van der Waals surface area (Å²) in [6, 6.07) is 9.53. The van der Waals surface area contributed by atoms with Crippen molar-refractivity contribution in [3.8, 4) is 5.75 Å². The molecule has 1 aromatic carbocycles. The standard InChI is InChI=1S/C15H22N2O2/c1-19-13-5-2-11(3-6-13)8-17-9-12-4-7-14(16-12)15(17)10-18/h2-3,5-6,12,14-16,18H,4,7-10H2,1H3/t12-,14+,15+/m0/s1. The molecule has 0 spiro atoms. The number of likely N-dealkylation sites (tertiary alicyclic amines) is 1. The summed E-state index contributed by atoms with van der Waals surface area (Å²) < 4.78 is 5.18. The number of aliphatic hydroxyl groups is 1. The summed E-state index contributed by atoms with van der Waals surface area (Å²) in [5.74, 6) is 0.892. The molecule has 2 aliphatic rings. The SMILES string of the molecule is COc1ccc(CN2C[C@@H]3CC[C@@H](N3)[C@H]2CO)cc1. The highest BCUT2D eigenvalue weighted by molar-refractivity contribution is 5.27. The Kier molecular flexibility index (Phi) is 3.73. The molecule has 2 fully saturated rings. The maximum atomic E-state index is 9.64. The third kappa shape index (κ3) is 2.61. The second kappa shape index (κ2) is 5.49. The van der Waals surface area contributed by atoms with Crippen molar-refractivity contribution in [2.45, 2.75) is 37.5 Å². The Morgan fingerprint density at radius 2 is 2.11 bits per heavy atom. The highest BCUT2D eigenvalue weighted by Gasteiger charge is 2.39. The summed E-state index contributed by atoms with van der Waals surface area (Å²) in [5.41, 5.74) is 1.28. The number of rotatable bonds is 4. The Morgan fingerprint density at radius 1 is 1.32 bits per heavy atom. The minimum atomic E-state index is 0.237.